The van der Waals surface area contributed by atoms with E-state index in [-0.39, 0.29) is 33.7 Å². The maximum absolute atomic E-state index is 13.5. The highest BCUT2D eigenvalue weighted by molar-refractivity contribution is 7.89. The number of nitrogens with one attached hydrogen (secondary N) is 1. The normalized spacial score (nSPS) is 28.0. The molecule has 2 fully saturated rings. The van der Waals surface area contributed by atoms with Gasteiger partial charge in [0.05, 0.1) is 23.1 Å². The van der Waals surface area contributed by atoms with Crippen molar-refractivity contribution in [2.45, 2.75) is 42.4 Å². The predicted molar refractivity (Wildman–Crippen MR) is 78.9 cm³/mol. The zero-order valence-corrected chi connectivity index (χ0v) is 12.7. The summed E-state index contributed by atoms with van der Waals surface area (Å²) in [6, 6.07) is 3.19. The average Bonchev–Trinajstić information content (AvgIpc) is 3.00. The van der Waals surface area contributed by atoms with Crippen molar-refractivity contribution in [2.75, 3.05) is 0 Å². The van der Waals surface area contributed by atoms with Crippen LogP contribution >= 0.6 is 12.2 Å². The topological polar surface area (TPSA) is 81.4 Å². The van der Waals surface area contributed by atoms with E-state index in [0.717, 1.165) is 25.0 Å². The average molecular weight is 330 g/mol. The van der Waals surface area contributed by atoms with Gasteiger partial charge in [0.2, 0.25) is 10.0 Å². The first-order chi connectivity index (χ1) is 9.87. The van der Waals surface area contributed by atoms with E-state index in [1.165, 1.54) is 6.07 Å². The molecule has 2 heterocycles. The zero-order valence-electron chi connectivity index (χ0n) is 11.1. The third kappa shape index (κ3) is 2.80. The first-order valence-electron chi connectivity index (χ1n) is 6.64. The van der Waals surface area contributed by atoms with Crippen molar-refractivity contribution in [3.05, 3.63) is 29.6 Å². The minimum Gasteiger partial charge on any atom is -0.389 e. The summed E-state index contributed by atoms with van der Waals surface area (Å²) < 4.78 is 46.5. The van der Waals surface area contributed by atoms with E-state index in [1.54, 1.807) is 0 Å². The zero-order chi connectivity index (χ0) is 15.2. The molecular formula is C13H15FN2O3S2. The van der Waals surface area contributed by atoms with Crippen LogP contribution in [0.25, 0.3) is 0 Å². The second kappa shape index (κ2) is 5.28. The largest absolute Gasteiger partial charge is 0.389 e. The van der Waals surface area contributed by atoms with Crippen LogP contribution in [0.4, 0.5) is 4.39 Å². The Morgan fingerprint density at radius 2 is 2.19 bits per heavy atom. The lowest BCUT2D eigenvalue weighted by molar-refractivity contribution is 0.0996. The SMILES string of the molecule is NC(=S)c1cc(S(=O)(=O)NC2CC3CCC2O3)ccc1F. The van der Waals surface area contributed by atoms with Crippen LogP contribution < -0.4 is 10.5 Å². The van der Waals surface area contributed by atoms with Crippen molar-refractivity contribution < 1.29 is 17.5 Å². The van der Waals surface area contributed by atoms with Gasteiger partial charge < -0.3 is 10.5 Å². The lowest BCUT2D eigenvalue weighted by Crippen LogP contribution is -2.41. The van der Waals surface area contributed by atoms with Crippen LogP contribution in [0.15, 0.2) is 23.1 Å². The molecule has 0 aliphatic carbocycles. The second-order valence-corrected chi connectivity index (χ2v) is 7.50. The van der Waals surface area contributed by atoms with Gasteiger partial charge in [-0.3, -0.25) is 0 Å². The molecule has 5 nitrogen and oxygen atoms in total. The molecule has 3 rings (SSSR count). The number of benzene rings is 1. The molecule has 2 bridgehead atoms. The van der Waals surface area contributed by atoms with Crippen molar-refractivity contribution in [1.82, 2.24) is 4.72 Å². The van der Waals surface area contributed by atoms with Crippen LogP contribution in [0.3, 0.4) is 0 Å². The standard InChI is InChI=1S/C13H15FN2O3S2/c14-10-3-2-8(6-9(10)13(15)20)21(17,18)16-11-5-7-1-4-12(11)19-7/h2-3,6-7,11-12,16H,1,4-5H2,(H2,15,20). The van der Waals surface area contributed by atoms with Crippen molar-refractivity contribution in [2.24, 2.45) is 5.73 Å². The Hall–Kier alpha value is -1.09. The fourth-order valence-electron chi connectivity index (χ4n) is 2.89. The van der Waals surface area contributed by atoms with Gasteiger partial charge in [0.25, 0.3) is 0 Å². The van der Waals surface area contributed by atoms with Crippen LogP contribution in [0.1, 0.15) is 24.8 Å². The van der Waals surface area contributed by atoms with Crippen LogP contribution in [-0.2, 0) is 14.8 Å². The highest BCUT2D eigenvalue weighted by Crippen LogP contribution is 2.35. The smallest absolute Gasteiger partial charge is 0.240 e. The molecule has 1 aromatic carbocycles. The molecule has 3 unspecified atom stereocenters. The Kier molecular flexibility index (Phi) is 3.73. The lowest BCUT2D eigenvalue weighted by Gasteiger charge is -2.20. The number of hydrogen-bond acceptors (Lipinski definition) is 4. The van der Waals surface area contributed by atoms with E-state index in [0.29, 0.717) is 6.42 Å². The third-order valence-corrected chi connectivity index (χ3v) is 5.63. The fraction of sp³-hybridized carbons (Fsp3) is 0.462. The molecule has 0 radical (unpaired) electrons. The molecule has 114 valence electrons. The van der Waals surface area contributed by atoms with Gasteiger partial charge in [-0.1, -0.05) is 12.2 Å². The molecular weight excluding hydrogens is 315 g/mol. The summed E-state index contributed by atoms with van der Waals surface area (Å²) in [5, 5.41) is 0. The van der Waals surface area contributed by atoms with Crippen LogP contribution in [0, 0.1) is 5.82 Å². The molecule has 3 atom stereocenters. The molecule has 0 spiro atoms. The Morgan fingerprint density at radius 3 is 2.76 bits per heavy atom. The van der Waals surface area contributed by atoms with Crippen LogP contribution in [0.5, 0.6) is 0 Å². The first kappa shape index (κ1) is 14.8. The highest BCUT2D eigenvalue weighted by atomic mass is 32.2. The third-order valence-electron chi connectivity index (χ3n) is 3.93. The maximum atomic E-state index is 13.5. The molecule has 0 aromatic heterocycles. The fourth-order valence-corrected chi connectivity index (χ4v) is 4.35. The maximum Gasteiger partial charge on any atom is 0.240 e. The number of hydrogen-bond donors (Lipinski definition) is 2. The van der Waals surface area contributed by atoms with E-state index < -0.39 is 15.8 Å². The first-order valence-corrected chi connectivity index (χ1v) is 8.53. The lowest BCUT2D eigenvalue weighted by atomic mass is 9.96. The number of thiocarbonyl (C=S) groups is 1. The number of rotatable bonds is 4. The quantitative estimate of drug-likeness (QED) is 0.807. The predicted octanol–water partition coefficient (Wildman–Crippen LogP) is 1.06. The summed E-state index contributed by atoms with van der Waals surface area (Å²) in [5.41, 5.74) is 5.32. The van der Waals surface area contributed by atoms with Gasteiger partial charge in [-0.15, -0.1) is 0 Å². The Morgan fingerprint density at radius 1 is 1.43 bits per heavy atom. The number of fused-ring (bicyclic) bond motifs is 2. The summed E-state index contributed by atoms with van der Waals surface area (Å²) in [6.45, 7) is 0. The number of halogens is 1. The molecule has 2 aliphatic rings. The van der Waals surface area contributed by atoms with E-state index >= 15 is 0 Å². The molecule has 2 saturated heterocycles. The van der Waals surface area contributed by atoms with Gasteiger partial charge in [-0.2, -0.15) is 0 Å². The second-order valence-electron chi connectivity index (χ2n) is 5.34. The summed E-state index contributed by atoms with van der Waals surface area (Å²) in [6.07, 6.45) is 2.58. The Balaban J connectivity index is 1.85. The summed E-state index contributed by atoms with van der Waals surface area (Å²) in [7, 11) is -3.75. The van der Waals surface area contributed by atoms with Crippen molar-refractivity contribution in [3.63, 3.8) is 0 Å². The highest BCUT2D eigenvalue weighted by Gasteiger charge is 2.42. The summed E-state index contributed by atoms with van der Waals surface area (Å²) in [5.74, 6) is -0.635. The molecule has 8 heteroatoms. The molecule has 1 aromatic rings. The van der Waals surface area contributed by atoms with Crippen molar-refractivity contribution >= 4 is 27.2 Å². The van der Waals surface area contributed by atoms with E-state index in [2.05, 4.69) is 4.72 Å². The Bertz CT molecular complexity index is 693. The van der Waals surface area contributed by atoms with Crippen LogP contribution in [-0.4, -0.2) is 31.7 Å². The molecule has 0 saturated carbocycles. The van der Waals surface area contributed by atoms with E-state index in [4.69, 9.17) is 22.7 Å². The molecule has 21 heavy (non-hydrogen) atoms. The Labute approximate surface area is 127 Å². The van der Waals surface area contributed by atoms with Gasteiger partial charge in [0.15, 0.2) is 0 Å². The number of ether oxygens (including phenoxy) is 1. The van der Waals surface area contributed by atoms with Gasteiger partial charge in [-0.25, -0.2) is 17.5 Å². The van der Waals surface area contributed by atoms with E-state index in [9.17, 15) is 12.8 Å². The molecule has 0 amide bonds. The van der Waals surface area contributed by atoms with Gasteiger partial charge in [0, 0.05) is 5.56 Å². The minimum absolute atomic E-state index is 0.0468. The minimum atomic E-state index is -3.75. The van der Waals surface area contributed by atoms with Crippen molar-refractivity contribution in [1.29, 1.82) is 0 Å². The van der Waals surface area contributed by atoms with Gasteiger partial charge in [0.1, 0.15) is 10.8 Å². The van der Waals surface area contributed by atoms with Crippen molar-refractivity contribution in [3.8, 4) is 0 Å². The van der Waals surface area contributed by atoms with Gasteiger partial charge >= 0.3 is 0 Å². The molecule has 3 N–H and O–H groups in total. The summed E-state index contributed by atoms with van der Waals surface area (Å²) >= 11 is 4.72. The van der Waals surface area contributed by atoms with Gasteiger partial charge in [-0.05, 0) is 37.5 Å². The number of nitrogens with two attached hydrogens (primary N) is 1. The van der Waals surface area contributed by atoms with E-state index in [1.807, 2.05) is 0 Å². The number of sulfonamides is 1. The molecule has 2 aliphatic heterocycles. The monoisotopic (exact) mass is 330 g/mol. The summed E-state index contributed by atoms with van der Waals surface area (Å²) in [4.78, 5) is -0.220. The van der Waals surface area contributed by atoms with Crippen LogP contribution in [0.2, 0.25) is 0 Å².